The van der Waals surface area contributed by atoms with Crippen molar-refractivity contribution in [1.82, 2.24) is 0 Å². The van der Waals surface area contributed by atoms with E-state index in [2.05, 4.69) is 38.2 Å². The van der Waals surface area contributed by atoms with Gasteiger partial charge in [-0.05, 0) is 44.9 Å². The zero-order valence-corrected chi connectivity index (χ0v) is 30.2. The molecular formula is C35H66NO8P. The van der Waals surface area contributed by atoms with Crippen molar-refractivity contribution in [1.29, 1.82) is 0 Å². The summed E-state index contributed by atoms with van der Waals surface area (Å²) in [7, 11) is 1.15. The molecule has 0 aliphatic carbocycles. The Kier molecular flexibility index (Phi) is 27.7. The molecule has 2 atom stereocenters. The van der Waals surface area contributed by atoms with Crippen molar-refractivity contribution < 1.29 is 42.1 Å². The van der Waals surface area contributed by atoms with Crippen molar-refractivity contribution in [3.8, 4) is 0 Å². The van der Waals surface area contributed by atoms with Crippen molar-refractivity contribution in [3.05, 3.63) is 24.3 Å². The molecule has 0 fully saturated rings. The van der Waals surface area contributed by atoms with Crippen LogP contribution >= 0.6 is 7.82 Å². The van der Waals surface area contributed by atoms with Gasteiger partial charge in [0.2, 0.25) is 0 Å². The average molecular weight is 660 g/mol. The first-order chi connectivity index (χ1) is 21.5. The maximum absolute atomic E-state index is 12.5. The monoisotopic (exact) mass is 659 g/mol. The average Bonchev–Trinajstić information content (AvgIpc) is 2.97. The van der Waals surface area contributed by atoms with Crippen LogP contribution in [0.5, 0.6) is 0 Å². The van der Waals surface area contributed by atoms with Gasteiger partial charge in [0.1, 0.15) is 19.8 Å². The van der Waals surface area contributed by atoms with E-state index in [4.69, 9.17) is 18.5 Å². The number of quaternary nitrogens is 1. The van der Waals surface area contributed by atoms with Gasteiger partial charge >= 0.3 is 11.9 Å². The zero-order valence-electron chi connectivity index (χ0n) is 29.3. The van der Waals surface area contributed by atoms with Gasteiger partial charge in [-0.1, -0.05) is 102 Å². The molecule has 0 saturated heterocycles. The molecule has 0 heterocycles. The van der Waals surface area contributed by atoms with E-state index < -0.39 is 32.5 Å². The second kappa shape index (κ2) is 28.7. The van der Waals surface area contributed by atoms with Crippen LogP contribution in [0.2, 0.25) is 0 Å². The van der Waals surface area contributed by atoms with Crippen LogP contribution in [0.3, 0.4) is 0 Å². The standard InChI is InChI=1S/C35H66NO8P/c1-6-8-10-12-13-14-15-16-17-18-19-20-21-22-24-26-28-35(38)44-33(31-41-34(37)27-25-23-11-9-7-2)32-43-45(39,40)42-30-29-36(3,4)5/h14-15,17-18,33H,6-13,16,19-32H2,1-5H3/b15-14-,18-17-. The predicted molar refractivity (Wildman–Crippen MR) is 181 cm³/mol. The third kappa shape index (κ3) is 32.2. The third-order valence-electron chi connectivity index (χ3n) is 7.22. The lowest BCUT2D eigenvalue weighted by Crippen LogP contribution is -2.37. The van der Waals surface area contributed by atoms with Gasteiger partial charge in [-0.2, -0.15) is 0 Å². The number of hydrogen-bond donors (Lipinski definition) is 0. The topological polar surface area (TPSA) is 111 Å². The fraction of sp³-hybridized carbons (Fsp3) is 0.829. The van der Waals surface area contributed by atoms with Crippen LogP contribution < -0.4 is 4.89 Å². The summed E-state index contributed by atoms with van der Waals surface area (Å²) in [5.74, 6) is -0.867. The van der Waals surface area contributed by atoms with E-state index in [1.54, 1.807) is 0 Å². The Morgan fingerprint density at radius 2 is 1.20 bits per heavy atom. The molecule has 9 nitrogen and oxygen atoms in total. The van der Waals surface area contributed by atoms with Gasteiger partial charge in [0.25, 0.3) is 7.82 Å². The third-order valence-corrected chi connectivity index (χ3v) is 8.19. The molecule has 2 unspecified atom stereocenters. The number of esters is 2. The van der Waals surface area contributed by atoms with E-state index >= 15 is 0 Å². The highest BCUT2D eigenvalue weighted by atomic mass is 31.2. The molecule has 0 spiro atoms. The number of likely N-dealkylation sites (N-methyl/N-ethyl adjacent to an activating group) is 1. The van der Waals surface area contributed by atoms with Gasteiger partial charge in [-0.3, -0.25) is 14.2 Å². The van der Waals surface area contributed by atoms with Crippen LogP contribution in [-0.2, 0) is 32.7 Å². The van der Waals surface area contributed by atoms with E-state index in [0.29, 0.717) is 17.4 Å². The molecule has 0 amide bonds. The molecule has 0 aromatic carbocycles. The van der Waals surface area contributed by atoms with E-state index in [9.17, 15) is 19.0 Å². The van der Waals surface area contributed by atoms with Gasteiger partial charge < -0.3 is 27.9 Å². The fourth-order valence-corrected chi connectivity index (χ4v) is 5.12. The lowest BCUT2D eigenvalue weighted by Gasteiger charge is -2.28. The summed E-state index contributed by atoms with van der Waals surface area (Å²) in [6.07, 6.45) is 26.7. The Morgan fingerprint density at radius 3 is 1.78 bits per heavy atom. The van der Waals surface area contributed by atoms with Crippen LogP contribution in [0, 0.1) is 0 Å². The Hall–Kier alpha value is -1.51. The molecule has 10 heteroatoms. The van der Waals surface area contributed by atoms with Crippen LogP contribution in [0.1, 0.15) is 136 Å². The number of ether oxygens (including phenoxy) is 2. The molecule has 0 saturated carbocycles. The highest BCUT2D eigenvalue weighted by molar-refractivity contribution is 7.45. The molecule has 0 radical (unpaired) electrons. The quantitative estimate of drug-likeness (QED) is 0.0241. The highest BCUT2D eigenvalue weighted by Gasteiger charge is 2.21. The minimum absolute atomic E-state index is 0.0331. The Balaban J connectivity index is 4.39. The number of rotatable bonds is 31. The van der Waals surface area contributed by atoms with Crippen molar-refractivity contribution >= 4 is 19.8 Å². The molecule has 0 N–H and O–H groups in total. The van der Waals surface area contributed by atoms with Gasteiger partial charge in [-0.15, -0.1) is 0 Å². The number of unbranched alkanes of at least 4 members (excludes halogenated alkanes) is 13. The smallest absolute Gasteiger partial charge is 0.306 e. The molecule has 0 aromatic heterocycles. The summed E-state index contributed by atoms with van der Waals surface area (Å²) in [5.41, 5.74) is 0. The summed E-state index contributed by atoms with van der Waals surface area (Å²) in [6.45, 7) is 4.07. The van der Waals surface area contributed by atoms with Crippen molar-refractivity contribution in [2.24, 2.45) is 0 Å². The number of allylic oxidation sites excluding steroid dienone is 4. The van der Waals surface area contributed by atoms with E-state index in [1.165, 1.54) is 32.1 Å². The maximum Gasteiger partial charge on any atom is 0.306 e. The fourth-order valence-electron chi connectivity index (χ4n) is 4.39. The minimum Gasteiger partial charge on any atom is -0.756 e. The van der Waals surface area contributed by atoms with E-state index in [1.807, 2.05) is 21.1 Å². The summed E-state index contributed by atoms with van der Waals surface area (Å²) in [5, 5.41) is 0. The van der Waals surface area contributed by atoms with Crippen molar-refractivity contribution in [3.63, 3.8) is 0 Å². The normalized spacial score (nSPS) is 14.2. The SMILES string of the molecule is CCCCCC/C=C\C/C=C\CCCCCCCC(=O)OC(COC(=O)CCCCCCC)COP(=O)([O-])OCC[N+](C)(C)C. The van der Waals surface area contributed by atoms with Crippen LogP contribution in [-0.4, -0.2) is 70.0 Å². The van der Waals surface area contributed by atoms with Crippen molar-refractivity contribution in [2.45, 2.75) is 142 Å². The number of carbonyl (C=O) groups is 2. The minimum atomic E-state index is -4.61. The van der Waals surface area contributed by atoms with Gasteiger partial charge in [0.15, 0.2) is 6.10 Å². The van der Waals surface area contributed by atoms with Crippen LogP contribution in [0.25, 0.3) is 0 Å². The summed E-state index contributed by atoms with van der Waals surface area (Å²) in [6, 6.07) is 0. The summed E-state index contributed by atoms with van der Waals surface area (Å²) in [4.78, 5) is 36.9. The van der Waals surface area contributed by atoms with Gasteiger partial charge in [0.05, 0.1) is 27.7 Å². The number of hydrogen-bond acceptors (Lipinski definition) is 8. The second-order valence-electron chi connectivity index (χ2n) is 12.9. The van der Waals surface area contributed by atoms with E-state index in [0.717, 1.165) is 70.6 Å². The van der Waals surface area contributed by atoms with E-state index in [-0.39, 0.29) is 26.1 Å². The molecule has 0 aliphatic rings. The molecule has 45 heavy (non-hydrogen) atoms. The lowest BCUT2D eigenvalue weighted by molar-refractivity contribution is -0.870. The number of carbonyl (C=O) groups excluding carboxylic acids is 2. The van der Waals surface area contributed by atoms with Gasteiger partial charge in [-0.25, -0.2) is 0 Å². The number of phosphoric ester groups is 1. The van der Waals surface area contributed by atoms with Gasteiger partial charge in [0, 0.05) is 12.8 Å². The molecule has 0 aliphatic heterocycles. The molecule has 0 aromatic rings. The zero-order chi connectivity index (χ0) is 33.7. The molecule has 264 valence electrons. The lowest BCUT2D eigenvalue weighted by atomic mass is 10.1. The summed E-state index contributed by atoms with van der Waals surface area (Å²) >= 11 is 0. The first kappa shape index (κ1) is 43.5. The Labute approximate surface area is 275 Å². The molecular weight excluding hydrogens is 593 g/mol. The first-order valence-electron chi connectivity index (χ1n) is 17.5. The Bertz CT molecular complexity index is 840. The predicted octanol–water partition coefficient (Wildman–Crippen LogP) is 8.21. The Morgan fingerprint density at radius 1 is 0.689 bits per heavy atom. The largest absolute Gasteiger partial charge is 0.756 e. The maximum atomic E-state index is 12.5. The molecule has 0 rings (SSSR count). The first-order valence-corrected chi connectivity index (χ1v) is 19.0. The summed E-state index contributed by atoms with van der Waals surface area (Å²) < 4.78 is 33.5. The van der Waals surface area contributed by atoms with Crippen LogP contribution in [0.4, 0.5) is 0 Å². The number of nitrogens with zero attached hydrogens (tertiary/aromatic N) is 1. The second-order valence-corrected chi connectivity index (χ2v) is 14.3. The molecule has 0 bridgehead atoms. The number of phosphoric acid groups is 1. The van der Waals surface area contributed by atoms with Crippen LogP contribution in [0.15, 0.2) is 24.3 Å². The van der Waals surface area contributed by atoms with Crippen molar-refractivity contribution in [2.75, 3.05) is 47.5 Å². The highest BCUT2D eigenvalue weighted by Crippen LogP contribution is 2.38.